The summed E-state index contributed by atoms with van der Waals surface area (Å²) in [5.74, 6) is -1.26. The topological polar surface area (TPSA) is 110 Å². The van der Waals surface area contributed by atoms with Gasteiger partial charge in [-0.05, 0) is 61.3 Å². The molecule has 0 saturated heterocycles. The van der Waals surface area contributed by atoms with E-state index < -0.39 is 40.6 Å². The van der Waals surface area contributed by atoms with Crippen molar-refractivity contribution in [1.29, 1.82) is 0 Å². The number of carbonyl (C=O) groups is 3. The number of aldehydes is 1. The van der Waals surface area contributed by atoms with E-state index in [0.717, 1.165) is 5.56 Å². The normalized spacial score (nSPS) is 31.8. The predicted octanol–water partition coefficient (Wildman–Crippen LogP) is 2.74. The van der Waals surface area contributed by atoms with Crippen LogP contribution in [0, 0.1) is 12.3 Å². The first-order valence-electron chi connectivity index (χ1n) is 10.2. The molecular formula is C23H30O7. The summed E-state index contributed by atoms with van der Waals surface area (Å²) in [5.41, 5.74) is -0.908. The number of phenols is 1. The zero-order valence-electron chi connectivity index (χ0n) is 18.4. The molecule has 1 saturated carbocycles. The molecule has 7 nitrogen and oxygen atoms in total. The Hall–Kier alpha value is -2.41. The number of esters is 2. The molecule has 3 rings (SSSR count). The molecule has 0 aromatic heterocycles. The number of rotatable bonds is 3. The molecule has 1 fully saturated rings. The van der Waals surface area contributed by atoms with Crippen LogP contribution in [0.25, 0.3) is 0 Å². The molecule has 1 aromatic rings. The van der Waals surface area contributed by atoms with Crippen molar-refractivity contribution in [3.05, 3.63) is 28.3 Å². The Balaban J connectivity index is 2.35. The molecule has 0 spiro atoms. The van der Waals surface area contributed by atoms with Crippen molar-refractivity contribution in [1.82, 2.24) is 0 Å². The van der Waals surface area contributed by atoms with Crippen LogP contribution in [-0.2, 0) is 30.9 Å². The lowest BCUT2D eigenvalue weighted by atomic mass is 9.45. The third-order valence-corrected chi connectivity index (χ3v) is 7.36. The SMILES string of the molecule is CC(=O)O[C@H]1CC(C)(C)[C@]2(O)CCc3c(cc(O)c(C=O)c3C)[C@@]2(C)[C@H]1OC(C)=O. The highest BCUT2D eigenvalue weighted by Gasteiger charge is 2.69. The minimum Gasteiger partial charge on any atom is -0.507 e. The summed E-state index contributed by atoms with van der Waals surface area (Å²) in [6.07, 6.45) is 0.0662. The lowest BCUT2D eigenvalue weighted by Gasteiger charge is -2.64. The van der Waals surface area contributed by atoms with E-state index in [-0.39, 0.29) is 11.3 Å². The largest absolute Gasteiger partial charge is 0.507 e. The molecule has 2 N–H and O–H groups in total. The minimum atomic E-state index is -1.31. The van der Waals surface area contributed by atoms with Crippen LogP contribution < -0.4 is 0 Å². The third-order valence-electron chi connectivity index (χ3n) is 7.36. The molecular weight excluding hydrogens is 388 g/mol. The molecule has 1 aromatic carbocycles. The molecule has 0 unspecified atom stereocenters. The van der Waals surface area contributed by atoms with Crippen LogP contribution in [0.15, 0.2) is 6.07 Å². The highest BCUT2D eigenvalue weighted by molar-refractivity contribution is 5.83. The van der Waals surface area contributed by atoms with E-state index in [1.54, 1.807) is 13.8 Å². The molecule has 2 aliphatic rings. The molecule has 0 bridgehead atoms. The molecule has 4 atom stereocenters. The zero-order chi connectivity index (χ0) is 22.6. The number of phenolic OH excluding ortho intramolecular Hbond substituents is 1. The van der Waals surface area contributed by atoms with Crippen LogP contribution in [-0.4, -0.2) is 46.2 Å². The maximum absolute atomic E-state index is 12.1. The third kappa shape index (κ3) is 2.94. The minimum absolute atomic E-state index is 0.194. The van der Waals surface area contributed by atoms with Crippen molar-refractivity contribution in [3.8, 4) is 5.75 Å². The molecule has 164 valence electrons. The molecule has 0 heterocycles. The molecule has 0 radical (unpaired) electrons. The van der Waals surface area contributed by atoms with Gasteiger partial charge in [0.05, 0.1) is 16.6 Å². The summed E-state index contributed by atoms with van der Waals surface area (Å²) in [5, 5.41) is 22.6. The van der Waals surface area contributed by atoms with E-state index in [1.807, 2.05) is 13.8 Å². The van der Waals surface area contributed by atoms with Crippen molar-refractivity contribution in [3.63, 3.8) is 0 Å². The second-order valence-corrected chi connectivity index (χ2v) is 9.41. The number of hydrogen-bond acceptors (Lipinski definition) is 7. The van der Waals surface area contributed by atoms with Crippen LogP contribution in [0.4, 0.5) is 0 Å². The average Bonchev–Trinajstić information content (AvgIpc) is 2.61. The van der Waals surface area contributed by atoms with Gasteiger partial charge in [0.1, 0.15) is 11.9 Å². The predicted molar refractivity (Wildman–Crippen MR) is 108 cm³/mol. The Morgan fingerprint density at radius 2 is 1.77 bits per heavy atom. The quantitative estimate of drug-likeness (QED) is 0.574. The zero-order valence-corrected chi connectivity index (χ0v) is 18.4. The Morgan fingerprint density at radius 1 is 1.17 bits per heavy atom. The van der Waals surface area contributed by atoms with Crippen molar-refractivity contribution >= 4 is 18.2 Å². The maximum atomic E-state index is 12.1. The van der Waals surface area contributed by atoms with Gasteiger partial charge < -0.3 is 19.7 Å². The van der Waals surface area contributed by atoms with Crippen LogP contribution in [0.1, 0.15) is 74.5 Å². The summed E-state index contributed by atoms with van der Waals surface area (Å²) in [4.78, 5) is 35.4. The summed E-state index contributed by atoms with van der Waals surface area (Å²) >= 11 is 0. The van der Waals surface area contributed by atoms with Gasteiger partial charge in [0.2, 0.25) is 0 Å². The summed E-state index contributed by atoms with van der Waals surface area (Å²) < 4.78 is 11.3. The Labute approximate surface area is 176 Å². The van der Waals surface area contributed by atoms with Gasteiger partial charge in [0.25, 0.3) is 0 Å². The molecule has 7 heteroatoms. The monoisotopic (exact) mass is 418 g/mol. The Kier molecular flexibility index (Phi) is 5.26. The first-order valence-corrected chi connectivity index (χ1v) is 10.2. The van der Waals surface area contributed by atoms with E-state index in [1.165, 1.54) is 19.9 Å². The number of hydrogen-bond donors (Lipinski definition) is 2. The van der Waals surface area contributed by atoms with Crippen LogP contribution in [0.2, 0.25) is 0 Å². The second kappa shape index (κ2) is 7.08. The smallest absolute Gasteiger partial charge is 0.303 e. The number of ether oxygens (including phenoxy) is 2. The van der Waals surface area contributed by atoms with Gasteiger partial charge in [-0.15, -0.1) is 0 Å². The number of carbonyl (C=O) groups excluding carboxylic acids is 3. The van der Waals surface area contributed by atoms with Crippen LogP contribution in [0.3, 0.4) is 0 Å². The van der Waals surface area contributed by atoms with Crippen molar-refractivity contribution < 1.29 is 34.1 Å². The first kappa shape index (κ1) is 22.3. The number of aromatic hydroxyl groups is 1. The van der Waals surface area contributed by atoms with E-state index in [9.17, 15) is 24.6 Å². The standard InChI is InChI=1S/C23H30O7/c1-12-15-7-8-23(28)21(4,5)10-19(29-13(2)25)20(30-14(3)26)22(23,6)17(15)9-18(27)16(12)11-24/h9,11,19-20,27-28H,7-8,10H2,1-6H3/t19-,20-,22-,23+/m0/s1. The molecule has 2 aliphatic carbocycles. The fourth-order valence-corrected chi connectivity index (χ4v) is 5.85. The molecule has 0 aliphatic heterocycles. The van der Waals surface area contributed by atoms with Gasteiger partial charge >= 0.3 is 11.9 Å². The lowest BCUT2D eigenvalue weighted by molar-refractivity contribution is -0.243. The van der Waals surface area contributed by atoms with Crippen molar-refractivity contribution in [2.45, 2.75) is 84.0 Å². The highest BCUT2D eigenvalue weighted by Crippen LogP contribution is 2.61. The fraction of sp³-hybridized carbons (Fsp3) is 0.609. The van der Waals surface area contributed by atoms with Gasteiger partial charge in [0.15, 0.2) is 12.4 Å². The first-order chi connectivity index (χ1) is 13.8. The summed E-state index contributed by atoms with van der Waals surface area (Å²) in [7, 11) is 0. The number of benzene rings is 1. The van der Waals surface area contributed by atoms with E-state index in [4.69, 9.17) is 9.47 Å². The average molecular weight is 418 g/mol. The van der Waals surface area contributed by atoms with Crippen LogP contribution >= 0.6 is 0 Å². The lowest BCUT2D eigenvalue weighted by Crippen LogP contribution is -2.73. The fourth-order valence-electron chi connectivity index (χ4n) is 5.85. The Bertz CT molecular complexity index is 919. The van der Waals surface area contributed by atoms with E-state index in [0.29, 0.717) is 36.7 Å². The maximum Gasteiger partial charge on any atom is 0.303 e. The van der Waals surface area contributed by atoms with E-state index >= 15 is 0 Å². The number of aliphatic hydroxyl groups is 1. The molecule has 30 heavy (non-hydrogen) atoms. The van der Waals surface area contributed by atoms with Gasteiger partial charge in [-0.2, -0.15) is 0 Å². The summed E-state index contributed by atoms with van der Waals surface area (Å²) in [6, 6.07) is 1.49. The van der Waals surface area contributed by atoms with E-state index in [2.05, 4.69) is 0 Å². The van der Waals surface area contributed by atoms with Gasteiger partial charge in [-0.3, -0.25) is 14.4 Å². The molecule has 0 amide bonds. The van der Waals surface area contributed by atoms with Crippen molar-refractivity contribution in [2.24, 2.45) is 5.41 Å². The highest BCUT2D eigenvalue weighted by atomic mass is 16.6. The van der Waals surface area contributed by atoms with Crippen LogP contribution in [0.5, 0.6) is 5.75 Å². The number of fused-ring (bicyclic) bond motifs is 3. The summed E-state index contributed by atoms with van der Waals surface area (Å²) in [6.45, 7) is 9.92. The van der Waals surface area contributed by atoms with Gasteiger partial charge in [0, 0.05) is 13.8 Å². The van der Waals surface area contributed by atoms with Crippen molar-refractivity contribution in [2.75, 3.05) is 0 Å². The van der Waals surface area contributed by atoms with Gasteiger partial charge in [-0.1, -0.05) is 13.8 Å². The van der Waals surface area contributed by atoms with Gasteiger partial charge in [-0.25, -0.2) is 0 Å². The second-order valence-electron chi connectivity index (χ2n) is 9.41. The Morgan fingerprint density at radius 3 is 2.30 bits per heavy atom.